The van der Waals surface area contributed by atoms with E-state index in [2.05, 4.69) is 15.7 Å². The van der Waals surface area contributed by atoms with E-state index in [0.717, 1.165) is 24.3 Å². The third-order valence-electron chi connectivity index (χ3n) is 3.67. The molecule has 2 N–H and O–H groups in total. The molecule has 2 heterocycles. The fourth-order valence-electron chi connectivity index (χ4n) is 2.23. The van der Waals surface area contributed by atoms with E-state index in [1.54, 1.807) is 6.20 Å². The molecule has 1 aromatic heterocycles. The molecule has 5 nitrogen and oxygen atoms in total. The third-order valence-corrected chi connectivity index (χ3v) is 3.67. The van der Waals surface area contributed by atoms with Gasteiger partial charge in [0.15, 0.2) is 0 Å². The number of hydrogen-bond donors (Lipinski definition) is 2. The Morgan fingerprint density at radius 3 is 2.70 bits per heavy atom. The Morgan fingerprint density at radius 1 is 1.40 bits per heavy atom. The monoisotopic (exact) mass is 270 g/mol. The molecule has 1 atom stereocenters. The predicted octanol–water partition coefficient (Wildman–Crippen LogP) is 1.27. The van der Waals surface area contributed by atoms with Crippen molar-refractivity contribution in [1.29, 1.82) is 0 Å². The number of carbonyl (C=O) groups is 1. The molecule has 0 bridgehead atoms. The Labute approximate surface area is 118 Å². The molecule has 104 valence electrons. The van der Waals surface area contributed by atoms with Crippen molar-refractivity contribution in [1.82, 2.24) is 20.4 Å². The Balaban J connectivity index is 1.66. The highest BCUT2D eigenvalue weighted by Crippen LogP contribution is 2.16. The van der Waals surface area contributed by atoms with E-state index >= 15 is 0 Å². The van der Waals surface area contributed by atoms with Crippen LogP contribution in [-0.2, 0) is 4.79 Å². The molecule has 0 saturated carbocycles. The Morgan fingerprint density at radius 2 is 2.15 bits per heavy atom. The van der Waals surface area contributed by atoms with Gasteiger partial charge in [0.25, 0.3) is 0 Å². The van der Waals surface area contributed by atoms with E-state index < -0.39 is 0 Å². The van der Waals surface area contributed by atoms with Crippen molar-refractivity contribution in [3.05, 3.63) is 48.3 Å². The molecule has 3 rings (SSSR count). The summed E-state index contributed by atoms with van der Waals surface area (Å²) < 4.78 is 1.81. The van der Waals surface area contributed by atoms with Gasteiger partial charge in [-0.3, -0.25) is 4.79 Å². The Kier molecular flexibility index (Phi) is 3.52. The number of rotatable bonds is 4. The van der Waals surface area contributed by atoms with E-state index in [9.17, 15) is 4.79 Å². The molecule has 20 heavy (non-hydrogen) atoms. The normalized spacial score (nSPS) is 16.4. The Hall–Kier alpha value is -2.14. The molecule has 1 unspecified atom stereocenters. The summed E-state index contributed by atoms with van der Waals surface area (Å²) in [4.78, 5) is 11.9. The number of benzene rings is 1. The molecule has 1 saturated heterocycles. The van der Waals surface area contributed by atoms with Gasteiger partial charge in [0.05, 0.1) is 17.6 Å². The van der Waals surface area contributed by atoms with Crippen LogP contribution >= 0.6 is 0 Å². The van der Waals surface area contributed by atoms with Gasteiger partial charge in [-0.25, -0.2) is 4.68 Å². The number of amides is 1. The van der Waals surface area contributed by atoms with E-state index in [-0.39, 0.29) is 17.9 Å². The van der Waals surface area contributed by atoms with Crippen LogP contribution < -0.4 is 10.6 Å². The van der Waals surface area contributed by atoms with Gasteiger partial charge in [-0.2, -0.15) is 5.10 Å². The fraction of sp³-hybridized carbons (Fsp3) is 0.333. The first-order valence-corrected chi connectivity index (χ1v) is 6.85. The summed E-state index contributed by atoms with van der Waals surface area (Å²) in [6, 6.07) is 9.99. The number of nitrogens with zero attached hydrogens (tertiary/aromatic N) is 2. The number of carbonyl (C=O) groups excluding carboxylic acids is 1. The highest BCUT2D eigenvalue weighted by molar-refractivity contribution is 5.80. The molecule has 1 fully saturated rings. The zero-order valence-electron chi connectivity index (χ0n) is 11.4. The molecule has 0 radical (unpaired) electrons. The quantitative estimate of drug-likeness (QED) is 0.879. The zero-order valence-corrected chi connectivity index (χ0v) is 11.4. The van der Waals surface area contributed by atoms with Crippen molar-refractivity contribution in [3.8, 4) is 5.69 Å². The first kappa shape index (κ1) is 12.9. The zero-order chi connectivity index (χ0) is 13.9. The minimum Gasteiger partial charge on any atom is -0.349 e. The molecular formula is C15H18N4O. The number of hydrogen-bond acceptors (Lipinski definition) is 3. The van der Waals surface area contributed by atoms with E-state index in [1.807, 2.05) is 48.1 Å². The van der Waals surface area contributed by atoms with Crippen molar-refractivity contribution in [2.24, 2.45) is 5.92 Å². The van der Waals surface area contributed by atoms with Gasteiger partial charge in [-0.15, -0.1) is 0 Å². The van der Waals surface area contributed by atoms with Gasteiger partial charge in [-0.1, -0.05) is 12.1 Å². The summed E-state index contributed by atoms with van der Waals surface area (Å²) in [5.74, 6) is 0.258. The highest BCUT2D eigenvalue weighted by Gasteiger charge is 2.25. The average molecular weight is 270 g/mol. The maximum atomic E-state index is 11.9. The summed E-state index contributed by atoms with van der Waals surface area (Å²) in [5, 5.41) is 10.3. The summed E-state index contributed by atoms with van der Waals surface area (Å²) in [6.07, 6.45) is 3.66. The predicted molar refractivity (Wildman–Crippen MR) is 76.5 cm³/mol. The van der Waals surface area contributed by atoms with Gasteiger partial charge >= 0.3 is 0 Å². The van der Waals surface area contributed by atoms with Crippen LogP contribution in [0.25, 0.3) is 5.69 Å². The molecule has 5 heteroatoms. The topological polar surface area (TPSA) is 59.0 Å². The van der Waals surface area contributed by atoms with Gasteiger partial charge < -0.3 is 10.6 Å². The lowest BCUT2D eigenvalue weighted by molar-refractivity contribution is -0.127. The summed E-state index contributed by atoms with van der Waals surface area (Å²) in [7, 11) is 0. The van der Waals surface area contributed by atoms with Crippen molar-refractivity contribution in [2.45, 2.75) is 13.0 Å². The van der Waals surface area contributed by atoms with E-state index in [4.69, 9.17) is 0 Å². The van der Waals surface area contributed by atoms with Crippen LogP contribution in [0.4, 0.5) is 0 Å². The number of aromatic nitrogens is 2. The molecular weight excluding hydrogens is 252 g/mol. The lowest BCUT2D eigenvalue weighted by Crippen LogP contribution is -2.51. The van der Waals surface area contributed by atoms with Crippen molar-refractivity contribution < 1.29 is 4.79 Å². The van der Waals surface area contributed by atoms with Gasteiger partial charge in [0, 0.05) is 25.5 Å². The largest absolute Gasteiger partial charge is 0.349 e. The SMILES string of the molecule is CC(NC(=O)C1CNC1)c1ccc(-n2cccn2)cc1. The van der Waals surface area contributed by atoms with Crippen molar-refractivity contribution in [3.63, 3.8) is 0 Å². The third kappa shape index (κ3) is 2.58. The van der Waals surface area contributed by atoms with Gasteiger partial charge in [-0.05, 0) is 30.7 Å². The van der Waals surface area contributed by atoms with Gasteiger partial charge in [0.2, 0.25) is 5.91 Å². The second-order valence-electron chi connectivity index (χ2n) is 5.13. The van der Waals surface area contributed by atoms with Crippen LogP contribution in [0.3, 0.4) is 0 Å². The standard InChI is InChI=1S/C15H18N4O/c1-11(18-15(20)13-9-16-10-13)12-3-5-14(6-4-12)19-8-2-7-17-19/h2-8,11,13,16H,9-10H2,1H3,(H,18,20). The van der Waals surface area contributed by atoms with Crippen LogP contribution in [0, 0.1) is 5.92 Å². The van der Waals surface area contributed by atoms with Crippen molar-refractivity contribution >= 4 is 5.91 Å². The number of nitrogens with one attached hydrogen (secondary N) is 2. The highest BCUT2D eigenvalue weighted by atomic mass is 16.2. The average Bonchev–Trinajstić information content (AvgIpc) is 2.90. The van der Waals surface area contributed by atoms with Crippen LogP contribution in [-0.4, -0.2) is 28.8 Å². The summed E-state index contributed by atoms with van der Waals surface area (Å²) in [6.45, 7) is 3.58. The Bertz CT molecular complexity index is 572. The maximum Gasteiger partial charge on any atom is 0.226 e. The molecule has 1 aliphatic heterocycles. The lowest BCUT2D eigenvalue weighted by Gasteiger charge is -2.27. The van der Waals surface area contributed by atoms with Crippen molar-refractivity contribution in [2.75, 3.05) is 13.1 Å². The van der Waals surface area contributed by atoms with Crippen LogP contribution in [0.2, 0.25) is 0 Å². The second-order valence-corrected chi connectivity index (χ2v) is 5.13. The second kappa shape index (κ2) is 5.46. The summed E-state index contributed by atoms with van der Waals surface area (Å²) >= 11 is 0. The minimum absolute atomic E-state index is 0.0229. The van der Waals surface area contributed by atoms with E-state index in [1.165, 1.54) is 0 Å². The summed E-state index contributed by atoms with van der Waals surface area (Å²) in [5.41, 5.74) is 2.11. The van der Waals surface area contributed by atoms with E-state index in [0.29, 0.717) is 0 Å². The van der Waals surface area contributed by atoms with Crippen LogP contribution in [0.5, 0.6) is 0 Å². The molecule has 2 aromatic rings. The minimum atomic E-state index is 0.0229. The molecule has 1 aromatic carbocycles. The maximum absolute atomic E-state index is 11.9. The van der Waals surface area contributed by atoms with Gasteiger partial charge in [0.1, 0.15) is 0 Å². The lowest BCUT2D eigenvalue weighted by atomic mass is 10.0. The smallest absolute Gasteiger partial charge is 0.226 e. The molecule has 1 amide bonds. The molecule has 0 aliphatic carbocycles. The molecule has 0 spiro atoms. The first-order chi connectivity index (χ1) is 9.74. The van der Waals surface area contributed by atoms with Crippen LogP contribution in [0.1, 0.15) is 18.5 Å². The first-order valence-electron chi connectivity index (χ1n) is 6.85. The van der Waals surface area contributed by atoms with Crippen LogP contribution in [0.15, 0.2) is 42.7 Å². The fourth-order valence-corrected chi connectivity index (χ4v) is 2.23. The molecule has 1 aliphatic rings.